The first-order valence-corrected chi connectivity index (χ1v) is 7.67. The number of aromatic nitrogens is 2. The number of alkyl carbamates (subject to hydrolysis) is 1. The Morgan fingerprint density at radius 1 is 1.43 bits per heavy atom. The Balaban J connectivity index is 2.10. The van der Waals surface area contributed by atoms with Crippen molar-refractivity contribution in [3.05, 3.63) is 11.9 Å². The van der Waals surface area contributed by atoms with E-state index in [0.29, 0.717) is 0 Å². The summed E-state index contributed by atoms with van der Waals surface area (Å²) >= 11 is 0.896. The standard InChI is InChI=1S/C13H18N4O5S/c1-12(2,3)22-11(21)15-13(10(19)20)4-5-17(7-13)9(18)8-6-14-23-16-8/h6H,4-5,7H2,1-3H3,(H,15,21)(H,19,20). The number of hydrogen-bond acceptors (Lipinski definition) is 7. The smallest absolute Gasteiger partial charge is 0.408 e. The number of hydrogen-bond donors (Lipinski definition) is 2. The molecule has 9 nitrogen and oxygen atoms in total. The van der Waals surface area contributed by atoms with E-state index in [2.05, 4.69) is 14.1 Å². The second-order valence-corrected chi connectivity index (χ2v) is 6.84. The van der Waals surface area contributed by atoms with Crippen LogP contribution in [0.3, 0.4) is 0 Å². The quantitative estimate of drug-likeness (QED) is 0.830. The van der Waals surface area contributed by atoms with Crippen LogP contribution in [0.5, 0.6) is 0 Å². The van der Waals surface area contributed by atoms with Gasteiger partial charge in [0.25, 0.3) is 5.91 Å². The Morgan fingerprint density at radius 3 is 2.65 bits per heavy atom. The van der Waals surface area contributed by atoms with Gasteiger partial charge in [0, 0.05) is 13.0 Å². The molecule has 1 aliphatic rings. The fourth-order valence-electron chi connectivity index (χ4n) is 2.23. The van der Waals surface area contributed by atoms with Gasteiger partial charge in [-0.25, -0.2) is 9.59 Å². The number of rotatable bonds is 3. The third-order valence-electron chi connectivity index (χ3n) is 3.29. The summed E-state index contributed by atoms with van der Waals surface area (Å²) in [5.74, 6) is -1.62. The molecule has 1 aromatic rings. The minimum absolute atomic E-state index is 0.0882. The zero-order valence-corrected chi connectivity index (χ0v) is 13.8. The number of likely N-dealkylation sites (tertiary alicyclic amines) is 1. The summed E-state index contributed by atoms with van der Waals surface area (Å²) in [6, 6.07) is 0. The highest BCUT2D eigenvalue weighted by molar-refractivity contribution is 6.99. The topological polar surface area (TPSA) is 122 Å². The van der Waals surface area contributed by atoms with Crippen LogP contribution >= 0.6 is 11.7 Å². The molecule has 2 N–H and O–H groups in total. The van der Waals surface area contributed by atoms with Crippen LogP contribution in [0.25, 0.3) is 0 Å². The summed E-state index contributed by atoms with van der Waals surface area (Å²) < 4.78 is 12.7. The molecule has 0 bridgehead atoms. The second-order valence-electron chi connectivity index (χ2n) is 6.28. The van der Waals surface area contributed by atoms with Gasteiger partial charge in [0.15, 0.2) is 11.2 Å². The van der Waals surface area contributed by atoms with Gasteiger partial charge in [-0.3, -0.25) is 4.79 Å². The summed E-state index contributed by atoms with van der Waals surface area (Å²) in [6.07, 6.45) is 0.587. The highest BCUT2D eigenvalue weighted by Gasteiger charge is 2.48. The molecule has 0 aromatic carbocycles. The minimum atomic E-state index is -1.57. The van der Waals surface area contributed by atoms with Gasteiger partial charge in [-0.1, -0.05) is 0 Å². The maximum atomic E-state index is 12.2. The molecule has 0 radical (unpaired) electrons. The molecule has 1 aromatic heterocycles. The first-order valence-electron chi connectivity index (χ1n) is 6.94. The Bertz CT molecular complexity index is 612. The van der Waals surface area contributed by atoms with Gasteiger partial charge in [0.2, 0.25) is 0 Å². The zero-order valence-electron chi connectivity index (χ0n) is 13.0. The molecule has 1 aliphatic heterocycles. The third-order valence-corrected chi connectivity index (χ3v) is 3.76. The van der Waals surface area contributed by atoms with E-state index in [-0.39, 0.29) is 25.2 Å². The molecule has 10 heteroatoms. The molecular weight excluding hydrogens is 324 g/mol. The molecule has 2 rings (SSSR count). The van der Waals surface area contributed by atoms with E-state index in [1.54, 1.807) is 20.8 Å². The van der Waals surface area contributed by atoms with Crippen molar-refractivity contribution < 1.29 is 24.2 Å². The van der Waals surface area contributed by atoms with E-state index in [4.69, 9.17) is 4.74 Å². The van der Waals surface area contributed by atoms with Crippen molar-refractivity contribution in [1.82, 2.24) is 19.0 Å². The van der Waals surface area contributed by atoms with E-state index >= 15 is 0 Å². The lowest BCUT2D eigenvalue weighted by molar-refractivity contribution is -0.144. The Hall–Kier alpha value is -2.23. The average Bonchev–Trinajstić information content (AvgIpc) is 3.05. The molecular formula is C13H18N4O5S. The summed E-state index contributed by atoms with van der Waals surface area (Å²) in [4.78, 5) is 37.1. The van der Waals surface area contributed by atoms with Gasteiger partial charge in [-0.2, -0.15) is 8.75 Å². The van der Waals surface area contributed by atoms with E-state index in [1.807, 2.05) is 0 Å². The highest BCUT2D eigenvalue weighted by atomic mass is 32.1. The fraction of sp³-hybridized carbons (Fsp3) is 0.615. The summed E-state index contributed by atoms with van der Waals surface area (Å²) in [5, 5.41) is 11.9. The lowest BCUT2D eigenvalue weighted by atomic mass is 9.99. The highest BCUT2D eigenvalue weighted by Crippen LogP contribution is 2.24. The molecule has 23 heavy (non-hydrogen) atoms. The number of carboxylic acids is 1. The molecule has 126 valence electrons. The first kappa shape index (κ1) is 17.1. The molecule has 0 spiro atoms. The van der Waals surface area contributed by atoms with Gasteiger partial charge in [-0.15, -0.1) is 0 Å². The SMILES string of the molecule is CC(C)(C)OC(=O)NC1(C(=O)O)CCN(C(=O)c2cnsn2)C1. The minimum Gasteiger partial charge on any atom is -0.479 e. The molecule has 1 saturated heterocycles. The van der Waals surface area contributed by atoms with Crippen LogP contribution in [0.1, 0.15) is 37.7 Å². The molecule has 2 heterocycles. The number of carbonyl (C=O) groups is 3. The molecule has 1 atom stereocenters. The largest absolute Gasteiger partial charge is 0.479 e. The van der Waals surface area contributed by atoms with Gasteiger partial charge in [0.1, 0.15) is 5.60 Å². The van der Waals surface area contributed by atoms with Crippen molar-refractivity contribution in [2.45, 2.75) is 38.3 Å². The number of nitrogens with zero attached hydrogens (tertiary/aromatic N) is 3. The van der Waals surface area contributed by atoms with E-state index in [9.17, 15) is 19.5 Å². The molecule has 0 saturated carbocycles. The Kier molecular flexibility index (Phi) is 4.55. The number of aliphatic carboxylic acids is 1. The van der Waals surface area contributed by atoms with Gasteiger partial charge in [0.05, 0.1) is 24.5 Å². The normalized spacial score (nSPS) is 21.1. The van der Waals surface area contributed by atoms with Crippen molar-refractivity contribution in [2.75, 3.05) is 13.1 Å². The number of nitrogens with one attached hydrogen (secondary N) is 1. The number of ether oxygens (including phenoxy) is 1. The summed E-state index contributed by atoms with van der Waals surface area (Å²) in [6.45, 7) is 5.08. The third kappa shape index (κ3) is 3.95. The molecule has 2 amide bonds. The maximum Gasteiger partial charge on any atom is 0.408 e. The Morgan fingerprint density at radius 2 is 2.13 bits per heavy atom. The maximum absolute atomic E-state index is 12.2. The van der Waals surface area contributed by atoms with Crippen LogP contribution in [0.15, 0.2) is 6.20 Å². The van der Waals surface area contributed by atoms with Gasteiger partial charge >= 0.3 is 12.1 Å². The monoisotopic (exact) mass is 342 g/mol. The van der Waals surface area contributed by atoms with Crippen LogP contribution in [0.2, 0.25) is 0 Å². The fourth-order valence-corrected chi connectivity index (χ4v) is 2.64. The van der Waals surface area contributed by atoms with Crippen LogP contribution in [-0.4, -0.2) is 61.0 Å². The zero-order chi connectivity index (χ0) is 17.3. The first-order chi connectivity index (χ1) is 10.6. The van der Waals surface area contributed by atoms with Crippen molar-refractivity contribution in [1.29, 1.82) is 0 Å². The van der Waals surface area contributed by atoms with Crippen LogP contribution in [-0.2, 0) is 9.53 Å². The second kappa shape index (κ2) is 6.11. The van der Waals surface area contributed by atoms with Crippen LogP contribution in [0, 0.1) is 0 Å². The van der Waals surface area contributed by atoms with Crippen LogP contribution in [0.4, 0.5) is 4.79 Å². The van der Waals surface area contributed by atoms with E-state index < -0.39 is 29.1 Å². The van der Waals surface area contributed by atoms with E-state index in [1.165, 1.54) is 11.1 Å². The number of carboxylic acid groups (broad SMARTS) is 1. The lowest BCUT2D eigenvalue weighted by Gasteiger charge is -2.28. The molecule has 1 fully saturated rings. The van der Waals surface area contributed by atoms with Gasteiger partial charge < -0.3 is 20.1 Å². The molecule has 0 aliphatic carbocycles. The predicted octanol–water partition coefficient (Wildman–Crippen LogP) is 0.732. The Labute approximate surface area is 137 Å². The van der Waals surface area contributed by atoms with Crippen molar-refractivity contribution in [3.8, 4) is 0 Å². The van der Waals surface area contributed by atoms with Crippen molar-refractivity contribution in [3.63, 3.8) is 0 Å². The lowest BCUT2D eigenvalue weighted by Crippen LogP contribution is -2.57. The van der Waals surface area contributed by atoms with E-state index in [0.717, 1.165) is 11.7 Å². The van der Waals surface area contributed by atoms with Gasteiger partial charge in [-0.05, 0) is 20.8 Å². The number of carbonyl (C=O) groups excluding carboxylic acids is 2. The van der Waals surface area contributed by atoms with Crippen molar-refractivity contribution in [2.24, 2.45) is 0 Å². The average molecular weight is 342 g/mol. The summed E-state index contributed by atoms with van der Waals surface area (Å²) in [7, 11) is 0. The van der Waals surface area contributed by atoms with Crippen LogP contribution < -0.4 is 5.32 Å². The summed E-state index contributed by atoms with van der Waals surface area (Å²) in [5.41, 5.74) is -2.15. The predicted molar refractivity (Wildman–Crippen MR) is 80.2 cm³/mol. The molecule has 1 unspecified atom stereocenters. The number of amides is 2. The van der Waals surface area contributed by atoms with Crippen molar-refractivity contribution >= 4 is 29.7 Å².